The second-order valence-corrected chi connectivity index (χ2v) is 8.40. The highest BCUT2D eigenvalue weighted by molar-refractivity contribution is 14.0. The van der Waals surface area contributed by atoms with Crippen LogP contribution in [-0.2, 0) is 0 Å². The van der Waals surface area contributed by atoms with Gasteiger partial charge in [-0.15, -0.1) is 24.0 Å². The van der Waals surface area contributed by atoms with Gasteiger partial charge in [0.2, 0.25) is 0 Å². The Morgan fingerprint density at radius 2 is 1.82 bits per heavy atom. The van der Waals surface area contributed by atoms with Gasteiger partial charge in [0, 0.05) is 38.8 Å². The normalized spacial score (nSPS) is 25.8. The van der Waals surface area contributed by atoms with Gasteiger partial charge in [-0.05, 0) is 58.0 Å². The molecule has 2 aliphatic rings. The van der Waals surface area contributed by atoms with Crippen LogP contribution in [0.25, 0.3) is 0 Å². The first-order valence-corrected chi connectivity index (χ1v) is 10.2. The van der Waals surface area contributed by atoms with Crippen molar-refractivity contribution in [1.82, 2.24) is 20.4 Å². The molecular weight excluding hydrogens is 482 g/mol. The van der Waals surface area contributed by atoms with Crippen LogP contribution in [0.1, 0.15) is 40.0 Å². The van der Waals surface area contributed by atoms with E-state index in [9.17, 15) is 13.2 Å². The Morgan fingerprint density at radius 1 is 1.18 bits per heavy atom. The van der Waals surface area contributed by atoms with E-state index in [2.05, 4.69) is 41.3 Å². The van der Waals surface area contributed by atoms with Gasteiger partial charge >= 0.3 is 6.18 Å². The van der Waals surface area contributed by atoms with Crippen LogP contribution in [0.5, 0.6) is 0 Å². The Morgan fingerprint density at radius 3 is 2.32 bits per heavy atom. The van der Waals surface area contributed by atoms with E-state index in [1.807, 2.05) is 0 Å². The minimum Gasteiger partial charge on any atom is -0.356 e. The fourth-order valence-electron chi connectivity index (χ4n) is 4.07. The number of halogens is 4. The zero-order chi connectivity index (χ0) is 20.0. The lowest BCUT2D eigenvalue weighted by atomic mass is 9.93. The third-order valence-electron chi connectivity index (χ3n) is 5.87. The standard InChI is InChI=1S/C19H36F3N5.HI/c1-14(2)27-11-15(3)17(12-27)25-18(23-4)24-8-5-16-6-9-26(10-7-16)13-19(20,21)22;/h14-17H,5-13H2,1-4H3,(H2,23,24,25);1H. The zero-order valence-corrected chi connectivity index (χ0v) is 19.9. The van der Waals surface area contributed by atoms with Crippen molar-refractivity contribution in [1.29, 1.82) is 0 Å². The number of rotatable bonds is 6. The van der Waals surface area contributed by atoms with Crippen molar-refractivity contribution in [3.63, 3.8) is 0 Å². The van der Waals surface area contributed by atoms with E-state index in [-0.39, 0.29) is 24.0 Å². The lowest BCUT2D eigenvalue weighted by Gasteiger charge is -2.32. The molecule has 0 aromatic heterocycles. The number of likely N-dealkylation sites (tertiary alicyclic amines) is 2. The Bertz CT molecular complexity index is 479. The highest BCUT2D eigenvalue weighted by atomic mass is 127. The van der Waals surface area contributed by atoms with Gasteiger partial charge in [-0.3, -0.25) is 14.8 Å². The monoisotopic (exact) mass is 519 g/mol. The molecule has 28 heavy (non-hydrogen) atoms. The SMILES string of the molecule is CN=C(NCCC1CCN(CC(F)(F)F)CC1)NC1CN(C(C)C)CC1C.I. The summed E-state index contributed by atoms with van der Waals surface area (Å²) in [6.45, 7) is 9.95. The number of nitrogens with one attached hydrogen (secondary N) is 2. The topological polar surface area (TPSA) is 42.9 Å². The van der Waals surface area contributed by atoms with E-state index in [1.54, 1.807) is 7.05 Å². The summed E-state index contributed by atoms with van der Waals surface area (Å²) in [7, 11) is 1.78. The number of hydrogen-bond donors (Lipinski definition) is 2. The minimum atomic E-state index is -4.09. The van der Waals surface area contributed by atoms with E-state index < -0.39 is 12.7 Å². The summed E-state index contributed by atoms with van der Waals surface area (Å²) < 4.78 is 37.4. The second kappa shape index (κ2) is 11.8. The molecule has 2 fully saturated rings. The maximum absolute atomic E-state index is 12.5. The molecule has 2 saturated heterocycles. The summed E-state index contributed by atoms with van der Waals surface area (Å²) in [5, 5.41) is 6.92. The van der Waals surface area contributed by atoms with Crippen molar-refractivity contribution in [2.24, 2.45) is 16.8 Å². The molecule has 2 heterocycles. The third-order valence-corrected chi connectivity index (χ3v) is 5.87. The fraction of sp³-hybridized carbons (Fsp3) is 0.947. The molecular formula is C19H37F3IN5. The molecule has 2 N–H and O–H groups in total. The first-order chi connectivity index (χ1) is 12.7. The van der Waals surface area contributed by atoms with E-state index >= 15 is 0 Å². The molecule has 0 aromatic rings. The summed E-state index contributed by atoms with van der Waals surface area (Å²) in [4.78, 5) is 8.33. The summed E-state index contributed by atoms with van der Waals surface area (Å²) in [6.07, 6.45) is -1.44. The first kappa shape index (κ1) is 25.7. The lowest BCUT2D eigenvalue weighted by molar-refractivity contribution is -0.148. The number of nitrogens with zero attached hydrogens (tertiary/aromatic N) is 3. The molecule has 2 aliphatic heterocycles. The van der Waals surface area contributed by atoms with Gasteiger partial charge in [-0.1, -0.05) is 6.92 Å². The maximum Gasteiger partial charge on any atom is 0.401 e. The molecule has 0 spiro atoms. The Balaban J connectivity index is 0.00000392. The largest absolute Gasteiger partial charge is 0.401 e. The van der Waals surface area contributed by atoms with E-state index in [0.29, 0.717) is 37.0 Å². The van der Waals surface area contributed by atoms with Crippen molar-refractivity contribution in [2.75, 3.05) is 46.3 Å². The number of piperidine rings is 1. The minimum absolute atomic E-state index is 0. The predicted octanol–water partition coefficient (Wildman–Crippen LogP) is 3.16. The quantitative estimate of drug-likeness (QED) is 0.322. The summed E-state index contributed by atoms with van der Waals surface area (Å²) in [6, 6.07) is 0.946. The summed E-state index contributed by atoms with van der Waals surface area (Å²) in [5.74, 6) is 1.89. The highest BCUT2D eigenvalue weighted by Gasteiger charge is 2.33. The van der Waals surface area contributed by atoms with Crippen LogP contribution < -0.4 is 10.6 Å². The number of guanidine groups is 1. The average Bonchev–Trinajstić information content (AvgIpc) is 2.95. The molecule has 0 aliphatic carbocycles. The molecule has 9 heteroatoms. The average molecular weight is 519 g/mol. The number of aliphatic imine (C=N–C) groups is 1. The molecule has 0 radical (unpaired) electrons. The lowest BCUT2D eigenvalue weighted by Crippen LogP contribution is -2.47. The van der Waals surface area contributed by atoms with Crippen LogP contribution in [0, 0.1) is 11.8 Å². The van der Waals surface area contributed by atoms with Gasteiger partial charge in [0.1, 0.15) is 0 Å². The van der Waals surface area contributed by atoms with Crippen LogP contribution >= 0.6 is 24.0 Å². The maximum atomic E-state index is 12.5. The zero-order valence-electron chi connectivity index (χ0n) is 17.6. The molecule has 0 bridgehead atoms. The van der Waals surface area contributed by atoms with Crippen molar-refractivity contribution in [3.05, 3.63) is 0 Å². The van der Waals surface area contributed by atoms with E-state index in [1.165, 1.54) is 4.90 Å². The van der Waals surface area contributed by atoms with Gasteiger partial charge in [-0.25, -0.2) is 0 Å². The predicted molar refractivity (Wildman–Crippen MR) is 119 cm³/mol. The van der Waals surface area contributed by atoms with Gasteiger partial charge < -0.3 is 10.6 Å². The summed E-state index contributed by atoms with van der Waals surface area (Å²) >= 11 is 0. The fourth-order valence-corrected chi connectivity index (χ4v) is 4.07. The molecule has 5 nitrogen and oxygen atoms in total. The smallest absolute Gasteiger partial charge is 0.356 e. The van der Waals surface area contributed by atoms with Gasteiger partial charge in [0.05, 0.1) is 6.54 Å². The van der Waals surface area contributed by atoms with Crippen LogP contribution in [0.4, 0.5) is 13.2 Å². The molecule has 0 saturated carbocycles. The highest BCUT2D eigenvalue weighted by Crippen LogP contribution is 2.24. The molecule has 2 rings (SSSR count). The molecule has 0 amide bonds. The first-order valence-electron chi connectivity index (χ1n) is 10.2. The van der Waals surface area contributed by atoms with Crippen LogP contribution in [0.2, 0.25) is 0 Å². The van der Waals surface area contributed by atoms with Gasteiger partial charge in [0.15, 0.2) is 5.96 Å². The third kappa shape index (κ3) is 8.61. The molecule has 2 unspecified atom stereocenters. The molecule has 166 valence electrons. The van der Waals surface area contributed by atoms with Gasteiger partial charge in [0.25, 0.3) is 0 Å². The van der Waals surface area contributed by atoms with E-state index in [0.717, 1.165) is 44.9 Å². The van der Waals surface area contributed by atoms with Crippen LogP contribution in [0.3, 0.4) is 0 Å². The van der Waals surface area contributed by atoms with E-state index in [4.69, 9.17) is 0 Å². The van der Waals surface area contributed by atoms with Gasteiger partial charge in [-0.2, -0.15) is 13.2 Å². The van der Waals surface area contributed by atoms with Crippen LogP contribution in [-0.4, -0.2) is 80.3 Å². The second-order valence-electron chi connectivity index (χ2n) is 8.40. The Kier molecular flexibility index (Phi) is 10.8. The molecule has 2 atom stereocenters. The summed E-state index contributed by atoms with van der Waals surface area (Å²) in [5.41, 5.74) is 0. The Labute approximate surface area is 184 Å². The molecule has 0 aromatic carbocycles. The van der Waals surface area contributed by atoms with Crippen molar-refractivity contribution < 1.29 is 13.2 Å². The van der Waals surface area contributed by atoms with Crippen molar-refractivity contribution in [2.45, 2.75) is 58.3 Å². The number of hydrogen-bond acceptors (Lipinski definition) is 3. The number of alkyl halides is 3. The van der Waals surface area contributed by atoms with Crippen molar-refractivity contribution in [3.8, 4) is 0 Å². The van der Waals surface area contributed by atoms with Crippen molar-refractivity contribution >= 4 is 29.9 Å². The Hall–Kier alpha value is -0.290. The van der Waals surface area contributed by atoms with Crippen LogP contribution in [0.15, 0.2) is 4.99 Å².